The Morgan fingerprint density at radius 2 is 2.15 bits per heavy atom. The van der Waals surface area contributed by atoms with E-state index in [4.69, 9.17) is 10.5 Å². The fourth-order valence-electron chi connectivity index (χ4n) is 2.97. The summed E-state index contributed by atoms with van der Waals surface area (Å²) >= 11 is 0. The maximum absolute atomic E-state index is 11.7. The second-order valence-corrected chi connectivity index (χ2v) is 5.78. The Bertz CT molecular complexity index is 472. The van der Waals surface area contributed by atoms with Crippen molar-refractivity contribution in [3.05, 3.63) is 11.4 Å². The highest BCUT2D eigenvalue weighted by molar-refractivity contribution is 5.88. The predicted octanol–water partition coefficient (Wildman–Crippen LogP) is 1.56. The van der Waals surface area contributed by atoms with Crippen LogP contribution in [0.15, 0.2) is 0 Å². The minimum Gasteiger partial charge on any atom is -0.464 e. The van der Waals surface area contributed by atoms with Gasteiger partial charge in [0, 0.05) is 6.42 Å². The molecular formula is C14H24N4O2. The van der Waals surface area contributed by atoms with Gasteiger partial charge in [-0.2, -0.15) is 0 Å². The van der Waals surface area contributed by atoms with Gasteiger partial charge in [0.2, 0.25) is 0 Å². The summed E-state index contributed by atoms with van der Waals surface area (Å²) in [5.41, 5.74) is 6.78. The molecule has 0 aromatic carbocycles. The van der Waals surface area contributed by atoms with Crippen LogP contribution in [0.3, 0.4) is 0 Å². The molecule has 1 aromatic heterocycles. The molecule has 3 unspecified atom stereocenters. The molecule has 0 saturated heterocycles. The largest absolute Gasteiger partial charge is 0.464 e. The second kappa shape index (κ2) is 6.35. The minimum atomic E-state index is -0.433. The Hall–Kier alpha value is -1.43. The third-order valence-electron chi connectivity index (χ3n) is 4.47. The molecule has 6 nitrogen and oxygen atoms in total. The molecule has 1 heterocycles. The van der Waals surface area contributed by atoms with E-state index in [-0.39, 0.29) is 0 Å². The highest BCUT2D eigenvalue weighted by Gasteiger charge is 2.30. The van der Waals surface area contributed by atoms with E-state index in [1.807, 2.05) is 4.68 Å². The molecular weight excluding hydrogens is 256 g/mol. The van der Waals surface area contributed by atoms with E-state index >= 15 is 0 Å². The zero-order chi connectivity index (χ0) is 14.7. The number of nitrogens with zero attached hydrogens (tertiary/aromatic N) is 3. The number of nitrogens with two attached hydrogens (primary N) is 1. The monoisotopic (exact) mass is 280 g/mol. The highest BCUT2D eigenvalue weighted by Crippen LogP contribution is 2.36. The van der Waals surface area contributed by atoms with E-state index < -0.39 is 5.97 Å². The number of methoxy groups -OCH3 is 1. The maximum atomic E-state index is 11.7. The Balaban J connectivity index is 2.27. The first-order valence-electron chi connectivity index (χ1n) is 7.30. The van der Waals surface area contributed by atoms with Crippen LogP contribution in [0.2, 0.25) is 0 Å². The Morgan fingerprint density at radius 3 is 2.75 bits per heavy atom. The van der Waals surface area contributed by atoms with Gasteiger partial charge < -0.3 is 10.5 Å². The summed E-state index contributed by atoms with van der Waals surface area (Å²) in [6.07, 6.45) is 3.93. The van der Waals surface area contributed by atoms with Crippen molar-refractivity contribution in [1.82, 2.24) is 15.0 Å². The standard InChI is InChI=1S/C14H24N4O2/c1-9-4-5-11(8-10(9)2)18-12(6-7-15)13(16-17-18)14(19)20-3/h9-11H,4-8,15H2,1-3H3. The van der Waals surface area contributed by atoms with Crippen molar-refractivity contribution in [3.8, 4) is 0 Å². The number of rotatable bonds is 4. The Kier molecular flexibility index (Phi) is 4.75. The molecule has 1 fully saturated rings. The lowest BCUT2D eigenvalue weighted by Crippen LogP contribution is -2.26. The molecule has 0 spiro atoms. The molecule has 0 amide bonds. The molecule has 3 atom stereocenters. The van der Waals surface area contributed by atoms with Crippen LogP contribution in [-0.4, -0.2) is 34.6 Å². The van der Waals surface area contributed by atoms with Gasteiger partial charge in [0.15, 0.2) is 5.69 Å². The Labute approximate surface area is 119 Å². The van der Waals surface area contributed by atoms with E-state index in [0.717, 1.165) is 24.5 Å². The van der Waals surface area contributed by atoms with Crippen molar-refractivity contribution in [2.45, 2.75) is 45.6 Å². The molecule has 2 rings (SSSR count). The smallest absolute Gasteiger partial charge is 0.360 e. The zero-order valence-electron chi connectivity index (χ0n) is 12.5. The van der Waals surface area contributed by atoms with Crippen LogP contribution in [0.4, 0.5) is 0 Å². The fraction of sp³-hybridized carbons (Fsp3) is 0.786. The maximum Gasteiger partial charge on any atom is 0.360 e. The van der Waals surface area contributed by atoms with Gasteiger partial charge in [-0.05, 0) is 37.6 Å². The average molecular weight is 280 g/mol. The summed E-state index contributed by atoms with van der Waals surface area (Å²) in [6, 6.07) is 0.314. The average Bonchev–Trinajstić information content (AvgIpc) is 2.85. The number of esters is 1. The summed E-state index contributed by atoms with van der Waals surface area (Å²) in [5.74, 6) is 0.968. The third kappa shape index (κ3) is 2.85. The number of aromatic nitrogens is 3. The molecule has 1 aliphatic rings. The SMILES string of the molecule is COC(=O)c1nnn(C2CCC(C)C(C)C2)c1CCN. The van der Waals surface area contributed by atoms with Crippen LogP contribution >= 0.6 is 0 Å². The van der Waals surface area contributed by atoms with Gasteiger partial charge in [-0.1, -0.05) is 19.1 Å². The number of carbonyl (C=O) groups is 1. The first-order chi connectivity index (χ1) is 9.58. The van der Waals surface area contributed by atoms with Gasteiger partial charge >= 0.3 is 5.97 Å². The second-order valence-electron chi connectivity index (χ2n) is 5.78. The van der Waals surface area contributed by atoms with Crippen LogP contribution in [0, 0.1) is 11.8 Å². The van der Waals surface area contributed by atoms with E-state index in [2.05, 4.69) is 24.2 Å². The Morgan fingerprint density at radius 1 is 1.40 bits per heavy atom. The van der Waals surface area contributed by atoms with Crippen molar-refractivity contribution in [2.24, 2.45) is 17.6 Å². The zero-order valence-corrected chi connectivity index (χ0v) is 12.5. The summed E-state index contributed by atoms with van der Waals surface area (Å²) < 4.78 is 6.67. The lowest BCUT2D eigenvalue weighted by Gasteiger charge is -2.32. The number of ether oxygens (including phenoxy) is 1. The minimum absolute atomic E-state index is 0.309. The topological polar surface area (TPSA) is 83.0 Å². The van der Waals surface area contributed by atoms with Crippen molar-refractivity contribution >= 4 is 5.97 Å². The molecule has 0 aliphatic heterocycles. The molecule has 0 radical (unpaired) electrons. The van der Waals surface area contributed by atoms with Crippen molar-refractivity contribution < 1.29 is 9.53 Å². The lowest BCUT2D eigenvalue weighted by atomic mass is 9.79. The van der Waals surface area contributed by atoms with Crippen LogP contribution < -0.4 is 5.73 Å². The lowest BCUT2D eigenvalue weighted by molar-refractivity contribution is 0.0592. The summed E-state index contributed by atoms with van der Waals surface area (Å²) in [7, 11) is 1.36. The molecule has 2 N–H and O–H groups in total. The molecule has 1 aromatic rings. The van der Waals surface area contributed by atoms with Crippen LogP contribution in [-0.2, 0) is 11.2 Å². The predicted molar refractivity (Wildman–Crippen MR) is 75.3 cm³/mol. The van der Waals surface area contributed by atoms with E-state index in [1.54, 1.807) is 0 Å². The van der Waals surface area contributed by atoms with Gasteiger partial charge in [-0.25, -0.2) is 9.48 Å². The molecule has 1 aliphatic carbocycles. The highest BCUT2D eigenvalue weighted by atomic mass is 16.5. The molecule has 0 bridgehead atoms. The van der Waals surface area contributed by atoms with Crippen molar-refractivity contribution in [2.75, 3.05) is 13.7 Å². The first-order valence-corrected chi connectivity index (χ1v) is 7.30. The van der Waals surface area contributed by atoms with Gasteiger partial charge in [-0.15, -0.1) is 5.10 Å². The molecule has 20 heavy (non-hydrogen) atoms. The number of carbonyl (C=O) groups excluding carboxylic acids is 1. The van der Waals surface area contributed by atoms with Gasteiger partial charge in [0.25, 0.3) is 0 Å². The number of hydrogen-bond acceptors (Lipinski definition) is 5. The summed E-state index contributed by atoms with van der Waals surface area (Å²) in [5, 5.41) is 8.20. The van der Waals surface area contributed by atoms with E-state index in [9.17, 15) is 4.79 Å². The first kappa shape index (κ1) is 15.0. The molecule has 1 saturated carbocycles. The van der Waals surface area contributed by atoms with Gasteiger partial charge in [0.1, 0.15) is 0 Å². The normalized spacial score (nSPS) is 26.5. The molecule has 112 valence electrons. The van der Waals surface area contributed by atoms with Crippen molar-refractivity contribution in [1.29, 1.82) is 0 Å². The number of hydrogen-bond donors (Lipinski definition) is 1. The van der Waals surface area contributed by atoms with E-state index in [1.165, 1.54) is 13.5 Å². The van der Waals surface area contributed by atoms with Crippen molar-refractivity contribution in [3.63, 3.8) is 0 Å². The van der Waals surface area contributed by atoms with E-state index in [0.29, 0.717) is 30.6 Å². The van der Waals surface area contributed by atoms with Crippen LogP contribution in [0.1, 0.15) is 55.3 Å². The van der Waals surface area contributed by atoms with Gasteiger partial charge in [-0.3, -0.25) is 0 Å². The third-order valence-corrected chi connectivity index (χ3v) is 4.47. The summed E-state index contributed by atoms with van der Waals surface area (Å²) in [6.45, 7) is 5.04. The fourth-order valence-corrected chi connectivity index (χ4v) is 2.97. The van der Waals surface area contributed by atoms with Crippen LogP contribution in [0.5, 0.6) is 0 Å². The summed E-state index contributed by atoms with van der Waals surface area (Å²) in [4.78, 5) is 11.7. The van der Waals surface area contributed by atoms with Crippen LogP contribution in [0.25, 0.3) is 0 Å². The van der Waals surface area contributed by atoms with Gasteiger partial charge in [0.05, 0.1) is 18.8 Å². The quantitative estimate of drug-likeness (QED) is 0.846. The molecule has 6 heteroatoms.